The van der Waals surface area contributed by atoms with Crippen LogP contribution in [0.15, 0.2) is 24.5 Å². The average Bonchev–Trinajstić information content (AvgIpc) is 2.75. The summed E-state index contributed by atoms with van der Waals surface area (Å²) in [7, 11) is 0. The summed E-state index contributed by atoms with van der Waals surface area (Å²) in [5, 5.41) is 0.535. The number of hydrogen-bond donors (Lipinski definition) is 1. The van der Waals surface area contributed by atoms with E-state index in [1.54, 1.807) is 12.4 Å². The predicted octanol–water partition coefficient (Wildman–Crippen LogP) is 2.02. The zero-order valence-electron chi connectivity index (χ0n) is 8.65. The van der Waals surface area contributed by atoms with E-state index in [2.05, 4.69) is 19.9 Å². The fraction of sp³-hybridized carbons (Fsp3) is 0.273. The predicted molar refractivity (Wildman–Crippen MR) is 62.6 cm³/mol. The van der Waals surface area contributed by atoms with Crippen molar-refractivity contribution >= 4 is 17.4 Å². The van der Waals surface area contributed by atoms with Crippen molar-refractivity contribution in [2.24, 2.45) is 0 Å². The van der Waals surface area contributed by atoms with E-state index in [4.69, 9.17) is 11.6 Å². The first kappa shape index (κ1) is 9.66. The Bertz CT molecular complexity index is 508. The third kappa shape index (κ3) is 1.65. The van der Waals surface area contributed by atoms with Gasteiger partial charge in [-0.25, -0.2) is 9.97 Å². The molecule has 1 N–H and O–H groups in total. The highest BCUT2D eigenvalue weighted by Gasteiger charge is 2.19. The number of hydrogen-bond acceptors (Lipinski definition) is 3. The van der Waals surface area contributed by atoms with Crippen molar-refractivity contribution in [2.45, 2.75) is 13.0 Å². The molecule has 0 aliphatic carbocycles. The highest BCUT2D eigenvalue weighted by atomic mass is 35.5. The van der Waals surface area contributed by atoms with Crippen molar-refractivity contribution in [1.29, 1.82) is 0 Å². The zero-order valence-corrected chi connectivity index (χ0v) is 9.41. The molecule has 4 nitrogen and oxygen atoms in total. The number of rotatable bonds is 1. The molecule has 16 heavy (non-hydrogen) atoms. The van der Waals surface area contributed by atoms with Crippen molar-refractivity contribution in [2.75, 3.05) is 11.4 Å². The van der Waals surface area contributed by atoms with Gasteiger partial charge in [0.1, 0.15) is 11.0 Å². The van der Waals surface area contributed by atoms with Crippen LogP contribution in [0.4, 0.5) is 5.82 Å². The molecule has 82 valence electrons. The molecule has 0 radical (unpaired) electrons. The van der Waals surface area contributed by atoms with Crippen LogP contribution < -0.4 is 4.90 Å². The molecule has 0 saturated heterocycles. The molecule has 1 aliphatic heterocycles. The first-order chi connectivity index (χ1) is 7.83. The number of imidazole rings is 1. The third-order valence-electron chi connectivity index (χ3n) is 2.80. The number of aromatic nitrogens is 3. The van der Waals surface area contributed by atoms with E-state index < -0.39 is 0 Å². The summed E-state index contributed by atoms with van der Waals surface area (Å²) in [6.45, 7) is 1.76. The van der Waals surface area contributed by atoms with E-state index in [0.29, 0.717) is 5.15 Å². The quantitative estimate of drug-likeness (QED) is 0.768. The van der Waals surface area contributed by atoms with Crippen LogP contribution in [-0.4, -0.2) is 21.5 Å². The standard InChI is InChI=1S/C11H11ClN4/c12-10-2-1-3-11(15-10)16-5-4-8-9(6-16)14-7-13-8/h1-3,7H,4-6H2,(H,13,14). The van der Waals surface area contributed by atoms with E-state index in [9.17, 15) is 0 Å². The Morgan fingerprint density at radius 1 is 1.38 bits per heavy atom. The van der Waals surface area contributed by atoms with Crippen LogP contribution in [0.3, 0.4) is 0 Å². The van der Waals surface area contributed by atoms with Gasteiger partial charge in [-0.3, -0.25) is 0 Å². The van der Waals surface area contributed by atoms with Crippen molar-refractivity contribution in [3.8, 4) is 0 Å². The van der Waals surface area contributed by atoms with Gasteiger partial charge in [0.2, 0.25) is 0 Å². The molecule has 5 heteroatoms. The lowest BCUT2D eigenvalue weighted by Gasteiger charge is -2.27. The number of nitrogens with zero attached hydrogens (tertiary/aromatic N) is 3. The minimum atomic E-state index is 0.535. The van der Waals surface area contributed by atoms with E-state index in [1.165, 1.54) is 11.4 Å². The monoisotopic (exact) mass is 234 g/mol. The number of aromatic amines is 1. The first-order valence-corrected chi connectivity index (χ1v) is 5.59. The summed E-state index contributed by atoms with van der Waals surface area (Å²) in [6, 6.07) is 5.69. The molecule has 0 amide bonds. The van der Waals surface area contributed by atoms with Crippen molar-refractivity contribution < 1.29 is 0 Å². The summed E-state index contributed by atoms with van der Waals surface area (Å²) < 4.78 is 0. The molecule has 3 heterocycles. The van der Waals surface area contributed by atoms with Gasteiger partial charge in [-0.1, -0.05) is 17.7 Å². The van der Waals surface area contributed by atoms with Crippen molar-refractivity contribution in [3.05, 3.63) is 41.1 Å². The molecule has 0 unspecified atom stereocenters. The van der Waals surface area contributed by atoms with Gasteiger partial charge in [0.15, 0.2) is 0 Å². The maximum absolute atomic E-state index is 5.89. The van der Waals surface area contributed by atoms with Gasteiger partial charge in [0.05, 0.1) is 24.3 Å². The number of anilines is 1. The Kier molecular flexibility index (Phi) is 2.29. The number of H-pyrrole nitrogens is 1. The van der Waals surface area contributed by atoms with E-state index in [1.807, 2.05) is 12.1 Å². The fourth-order valence-electron chi connectivity index (χ4n) is 1.98. The van der Waals surface area contributed by atoms with Crippen LogP contribution in [-0.2, 0) is 13.0 Å². The largest absolute Gasteiger partial charge is 0.350 e. The molecule has 0 bridgehead atoms. The van der Waals surface area contributed by atoms with Gasteiger partial charge >= 0.3 is 0 Å². The minimum absolute atomic E-state index is 0.535. The van der Waals surface area contributed by atoms with Gasteiger partial charge in [-0.05, 0) is 12.1 Å². The topological polar surface area (TPSA) is 44.8 Å². The van der Waals surface area contributed by atoms with Crippen molar-refractivity contribution in [3.63, 3.8) is 0 Å². The normalized spacial score (nSPS) is 14.9. The second-order valence-corrected chi connectivity index (χ2v) is 4.21. The highest BCUT2D eigenvalue weighted by molar-refractivity contribution is 6.29. The third-order valence-corrected chi connectivity index (χ3v) is 3.01. The molecular formula is C11H11ClN4. The minimum Gasteiger partial charge on any atom is -0.350 e. The summed E-state index contributed by atoms with van der Waals surface area (Å²) in [6.07, 6.45) is 2.70. The highest BCUT2D eigenvalue weighted by Crippen LogP contribution is 2.21. The molecule has 0 aromatic carbocycles. The summed E-state index contributed by atoms with van der Waals surface area (Å²) >= 11 is 5.89. The lowest BCUT2D eigenvalue weighted by Crippen LogP contribution is -2.31. The Hall–Kier alpha value is -1.55. The van der Waals surface area contributed by atoms with Gasteiger partial charge in [-0.2, -0.15) is 0 Å². The van der Waals surface area contributed by atoms with E-state index in [0.717, 1.165) is 25.3 Å². The van der Waals surface area contributed by atoms with Crippen LogP contribution in [0.25, 0.3) is 0 Å². The second kappa shape index (κ2) is 3.79. The lowest BCUT2D eigenvalue weighted by atomic mass is 10.1. The molecule has 2 aromatic heterocycles. The molecule has 0 saturated carbocycles. The Balaban J connectivity index is 1.88. The lowest BCUT2D eigenvalue weighted by molar-refractivity contribution is 0.701. The molecule has 0 fully saturated rings. The number of fused-ring (bicyclic) bond motifs is 1. The first-order valence-electron chi connectivity index (χ1n) is 5.21. The summed E-state index contributed by atoms with van der Waals surface area (Å²) in [5.74, 6) is 0.924. The summed E-state index contributed by atoms with van der Waals surface area (Å²) in [5.41, 5.74) is 2.34. The van der Waals surface area contributed by atoms with Gasteiger partial charge in [0.25, 0.3) is 0 Å². The fourth-order valence-corrected chi connectivity index (χ4v) is 2.14. The SMILES string of the molecule is Clc1cccc(N2CCc3nc[nH]c3C2)n1. The summed E-state index contributed by atoms with van der Waals surface area (Å²) in [4.78, 5) is 13.9. The van der Waals surface area contributed by atoms with E-state index in [-0.39, 0.29) is 0 Å². The Morgan fingerprint density at radius 2 is 2.31 bits per heavy atom. The van der Waals surface area contributed by atoms with E-state index >= 15 is 0 Å². The Labute approximate surface area is 98.3 Å². The number of halogens is 1. The molecular weight excluding hydrogens is 224 g/mol. The van der Waals surface area contributed by atoms with Gasteiger partial charge in [0, 0.05) is 13.0 Å². The number of nitrogens with one attached hydrogen (secondary N) is 1. The van der Waals surface area contributed by atoms with Gasteiger partial charge in [-0.15, -0.1) is 0 Å². The van der Waals surface area contributed by atoms with Crippen LogP contribution in [0.5, 0.6) is 0 Å². The second-order valence-electron chi connectivity index (χ2n) is 3.82. The molecule has 3 rings (SSSR count). The average molecular weight is 235 g/mol. The smallest absolute Gasteiger partial charge is 0.131 e. The molecule has 0 spiro atoms. The van der Waals surface area contributed by atoms with Crippen LogP contribution in [0.2, 0.25) is 5.15 Å². The zero-order chi connectivity index (χ0) is 11.0. The van der Waals surface area contributed by atoms with Crippen LogP contribution in [0.1, 0.15) is 11.4 Å². The maximum atomic E-state index is 5.89. The van der Waals surface area contributed by atoms with Gasteiger partial charge < -0.3 is 9.88 Å². The van der Waals surface area contributed by atoms with Crippen LogP contribution in [0, 0.1) is 0 Å². The Morgan fingerprint density at radius 3 is 3.19 bits per heavy atom. The van der Waals surface area contributed by atoms with Crippen molar-refractivity contribution in [1.82, 2.24) is 15.0 Å². The molecule has 1 aliphatic rings. The van der Waals surface area contributed by atoms with Crippen LogP contribution >= 0.6 is 11.6 Å². The number of pyridine rings is 1. The molecule has 0 atom stereocenters. The molecule has 2 aromatic rings. The maximum Gasteiger partial charge on any atom is 0.131 e.